The summed E-state index contributed by atoms with van der Waals surface area (Å²) in [5.41, 5.74) is 7.11. The number of hydrogen-bond acceptors (Lipinski definition) is 5. The normalized spacial score (nSPS) is 15.3. The van der Waals surface area contributed by atoms with E-state index in [0.29, 0.717) is 18.8 Å². The van der Waals surface area contributed by atoms with E-state index in [1.54, 1.807) is 12.1 Å². The summed E-state index contributed by atoms with van der Waals surface area (Å²) in [5, 5.41) is 18.6. The molecule has 6 heteroatoms. The molecule has 2 aromatic rings. The summed E-state index contributed by atoms with van der Waals surface area (Å²) in [4.78, 5) is 14.3. The monoisotopic (exact) mass is 306 g/mol. The lowest BCUT2D eigenvalue weighted by Gasteiger charge is -2.38. The second kappa shape index (κ2) is 5.28. The molecular weight excluding hydrogens is 292 g/mol. The van der Waals surface area contributed by atoms with Crippen molar-refractivity contribution in [3.8, 4) is 23.3 Å². The largest absolute Gasteiger partial charge is 0.384 e. The van der Waals surface area contributed by atoms with Gasteiger partial charge in [-0.05, 0) is 11.1 Å². The number of nitrogens with zero attached hydrogens (tertiary/aromatic N) is 2. The molecule has 0 spiro atoms. The van der Waals surface area contributed by atoms with Crippen LogP contribution in [0.2, 0.25) is 0 Å². The van der Waals surface area contributed by atoms with Gasteiger partial charge >= 0.3 is 0 Å². The average molecular weight is 306 g/mol. The van der Waals surface area contributed by atoms with E-state index >= 15 is 0 Å². The van der Waals surface area contributed by atoms with E-state index < -0.39 is 5.56 Å². The van der Waals surface area contributed by atoms with Crippen molar-refractivity contribution in [3.63, 3.8) is 0 Å². The third-order valence-electron chi connectivity index (χ3n) is 4.18. The molecule has 0 atom stereocenters. The molecule has 1 aliphatic rings. The summed E-state index contributed by atoms with van der Waals surface area (Å²) in [5.74, 6) is -0.0325. The molecule has 1 aromatic heterocycles. The number of nitrogens with two attached hydrogens (primary N) is 1. The maximum Gasteiger partial charge on any atom is 0.268 e. The van der Waals surface area contributed by atoms with Crippen molar-refractivity contribution in [1.29, 1.82) is 10.5 Å². The van der Waals surface area contributed by atoms with Crippen LogP contribution in [0.3, 0.4) is 0 Å². The Kier molecular flexibility index (Phi) is 3.40. The Morgan fingerprint density at radius 1 is 1.17 bits per heavy atom. The molecule has 2 heterocycles. The Morgan fingerprint density at radius 3 is 2.26 bits per heavy atom. The Labute approximate surface area is 132 Å². The molecule has 3 N–H and O–H groups in total. The van der Waals surface area contributed by atoms with Gasteiger partial charge < -0.3 is 15.5 Å². The van der Waals surface area contributed by atoms with Gasteiger partial charge in [0, 0.05) is 11.0 Å². The maximum absolute atomic E-state index is 11.9. The predicted octanol–water partition coefficient (Wildman–Crippen LogP) is 1.66. The van der Waals surface area contributed by atoms with Crippen molar-refractivity contribution >= 4 is 5.82 Å². The maximum atomic E-state index is 11.9. The van der Waals surface area contributed by atoms with E-state index in [2.05, 4.69) is 11.9 Å². The van der Waals surface area contributed by atoms with Gasteiger partial charge in [0.1, 0.15) is 29.1 Å². The van der Waals surface area contributed by atoms with Crippen molar-refractivity contribution in [1.82, 2.24) is 4.98 Å². The highest BCUT2D eigenvalue weighted by Crippen LogP contribution is 2.34. The SMILES string of the molecule is CC1(c2ccc(-c3c(C#N)c(N)[nH]c(=O)c3C#N)cc2)COC1. The van der Waals surface area contributed by atoms with Crippen molar-refractivity contribution in [2.24, 2.45) is 0 Å². The Hall–Kier alpha value is -3.09. The van der Waals surface area contributed by atoms with Gasteiger partial charge in [-0.1, -0.05) is 31.2 Å². The number of rotatable bonds is 2. The zero-order chi connectivity index (χ0) is 16.6. The van der Waals surface area contributed by atoms with Crippen LogP contribution in [-0.4, -0.2) is 18.2 Å². The van der Waals surface area contributed by atoms with Crippen LogP contribution in [0.4, 0.5) is 5.82 Å². The van der Waals surface area contributed by atoms with Gasteiger partial charge in [-0.25, -0.2) is 0 Å². The molecule has 6 nitrogen and oxygen atoms in total. The number of H-pyrrole nitrogens is 1. The second-order valence-electron chi connectivity index (χ2n) is 5.85. The van der Waals surface area contributed by atoms with Crippen molar-refractivity contribution in [2.45, 2.75) is 12.3 Å². The van der Waals surface area contributed by atoms with E-state index in [4.69, 9.17) is 10.5 Å². The molecule has 23 heavy (non-hydrogen) atoms. The van der Waals surface area contributed by atoms with E-state index in [0.717, 1.165) is 5.56 Å². The van der Waals surface area contributed by atoms with E-state index in [9.17, 15) is 15.3 Å². The molecule has 114 valence electrons. The van der Waals surface area contributed by atoms with Gasteiger partial charge in [-0.2, -0.15) is 10.5 Å². The zero-order valence-electron chi connectivity index (χ0n) is 12.5. The Bertz CT molecular complexity index is 910. The first-order chi connectivity index (χ1) is 11.0. The molecule has 0 unspecified atom stereocenters. The molecule has 0 amide bonds. The summed E-state index contributed by atoms with van der Waals surface area (Å²) in [6.45, 7) is 3.44. The van der Waals surface area contributed by atoms with Crippen molar-refractivity contribution in [3.05, 3.63) is 51.3 Å². The molecule has 0 bridgehead atoms. The van der Waals surface area contributed by atoms with Gasteiger partial charge in [-0.15, -0.1) is 0 Å². The lowest BCUT2D eigenvalue weighted by atomic mass is 9.80. The third kappa shape index (κ3) is 2.26. The predicted molar refractivity (Wildman–Crippen MR) is 84.5 cm³/mol. The number of hydrogen-bond donors (Lipinski definition) is 2. The van der Waals surface area contributed by atoms with Crippen LogP contribution in [0.5, 0.6) is 0 Å². The number of nitriles is 2. The molecule has 1 aromatic carbocycles. The summed E-state index contributed by atoms with van der Waals surface area (Å²) in [6.07, 6.45) is 0. The number of benzene rings is 1. The topological polar surface area (TPSA) is 116 Å². The zero-order valence-corrected chi connectivity index (χ0v) is 12.5. The first-order valence-corrected chi connectivity index (χ1v) is 7.05. The van der Waals surface area contributed by atoms with Gasteiger partial charge in [0.15, 0.2) is 0 Å². The quantitative estimate of drug-likeness (QED) is 0.875. The molecule has 1 fully saturated rings. The number of nitrogen functional groups attached to an aromatic ring is 1. The van der Waals surface area contributed by atoms with Gasteiger partial charge in [0.25, 0.3) is 5.56 Å². The first-order valence-electron chi connectivity index (χ1n) is 7.05. The number of anilines is 1. The van der Waals surface area contributed by atoms with Crippen LogP contribution in [0.15, 0.2) is 29.1 Å². The minimum Gasteiger partial charge on any atom is -0.384 e. The minimum atomic E-state index is -0.595. The molecule has 0 saturated carbocycles. The van der Waals surface area contributed by atoms with E-state index in [1.807, 2.05) is 24.3 Å². The fourth-order valence-electron chi connectivity index (χ4n) is 2.75. The Balaban J connectivity index is 2.18. The molecule has 3 rings (SSSR count). The van der Waals surface area contributed by atoms with Crippen molar-refractivity contribution in [2.75, 3.05) is 18.9 Å². The first kappa shape index (κ1) is 14.8. The van der Waals surface area contributed by atoms with Crippen LogP contribution in [0, 0.1) is 22.7 Å². The Morgan fingerprint density at radius 2 is 1.78 bits per heavy atom. The number of nitrogens with one attached hydrogen (secondary N) is 1. The van der Waals surface area contributed by atoms with Gasteiger partial charge in [0.05, 0.1) is 13.2 Å². The minimum absolute atomic E-state index is 0.0121. The molecule has 1 saturated heterocycles. The standard InChI is InChI=1S/C17H14N4O2/c1-17(8-23-9-17)11-4-2-10(3-5-11)14-12(6-18)15(20)21-16(22)13(14)7-19/h2-5H,8-9H2,1H3,(H3,20,21,22). The van der Waals surface area contributed by atoms with Gasteiger partial charge in [0.2, 0.25) is 0 Å². The fraction of sp³-hybridized carbons (Fsp3) is 0.235. The fourth-order valence-corrected chi connectivity index (χ4v) is 2.75. The molecule has 0 radical (unpaired) electrons. The van der Waals surface area contributed by atoms with Crippen molar-refractivity contribution < 1.29 is 4.74 Å². The highest BCUT2D eigenvalue weighted by atomic mass is 16.5. The highest BCUT2D eigenvalue weighted by Gasteiger charge is 2.35. The summed E-state index contributed by atoms with van der Waals surface area (Å²) in [7, 11) is 0. The third-order valence-corrected chi connectivity index (χ3v) is 4.18. The second-order valence-corrected chi connectivity index (χ2v) is 5.85. The van der Waals surface area contributed by atoms with Crippen LogP contribution >= 0.6 is 0 Å². The van der Waals surface area contributed by atoms with Crippen LogP contribution in [0.25, 0.3) is 11.1 Å². The molecular formula is C17H14N4O2. The molecule has 1 aliphatic heterocycles. The summed E-state index contributed by atoms with van der Waals surface area (Å²) in [6, 6.07) is 11.3. The number of aromatic nitrogens is 1. The van der Waals surface area contributed by atoms with E-state index in [1.165, 1.54) is 0 Å². The number of ether oxygens (including phenoxy) is 1. The summed E-state index contributed by atoms with van der Waals surface area (Å²) >= 11 is 0. The summed E-state index contributed by atoms with van der Waals surface area (Å²) < 4.78 is 5.26. The smallest absolute Gasteiger partial charge is 0.268 e. The van der Waals surface area contributed by atoms with E-state index in [-0.39, 0.29) is 27.9 Å². The number of pyridine rings is 1. The average Bonchev–Trinajstić information content (AvgIpc) is 2.52. The molecule has 0 aliphatic carbocycles. The lowest BCUT2D eigenvalue weighted by Crippen LogP contribution is -2.43. The highest BCUT2D eigenvalue weighted by molar-refractivity contribution is 5.80. The van der Waals surface area contributed by atoms with Crippen LogP contribution in [-0.2, 0) is 10.2 Å². The van der Waals surface area contributed by atoms with Gasteiger partial charge in [-0.3, -0.25) is 4.79 Å². The van der Waals surface area contributed by atoms with Crippen LogP contribution in [0.1, 0.15) is 23.6 Å². The van der Waals surface area contributed by atoms with Crippen LogP contribution < -0.4 is 11.3 Å². The number of aromatic amines is 1. The lowest BCUT2D eigenvalue weighted by molar-refractivity contribution is -0.0500.